The summed E-state index contributed by atoms with van der Waals surface area (Å²) in [7, 11) is 0. The smallest absolute Gasteiger partial charge is 0.321 e. The average molecular weight is 440 g/mol. The fourth-order valence-electron chi connectivity index (χ4n) is 6.31. The second kappa shape index (κ2) is 8.30. The minimum absolute atomic E-state index is 0.0980. The summed E-state index contributed by atoms with van der Waals surface area (Å²) >= 11 is 1.30. The molecule has 1 heterocycles. The van der Waals surface area contributed by atoms with E-state index in [4.69, 9.17) is 0 Å². The van der Waals surface area contributed by atoms with Crippen molar-refractivity contribution in [1.29, 1.82) is 0 Å². The van der Waals surface area contributed by atoms with Crippen molar-refractivity contribution in [3.63, 3.8) is 0 Å². The first kappa shape index (κ1) is 20.5. The summed E-state index contributed by atoms with van der Waals surface area (Å²) < 4.78 is 1.99. The van der Waals surface area contributed by atoms with E-state index >= 15 is 0 Å². The zero-order chi connectivity index (χ0) is 21.4. The Kier molecular flexibility index (Phi) is 5.50. The second-order valence-electron chi connectivity index (χ2n) is 9.41. The number of aromatic nitrogens is 3. The molecule has 4 saturated carbocycles. The minimum atomic E-state index is -0.352. The third kappa shape index (κ3) is 4.22. The van der Waals surface area contributed by atoms with Gasteiger partial charge in [-0.1, -0.05) is 42.1 Å². The molecular weight excluding hydrogens is 410 g/mol. The first-order valence-corrected chi connectivity index (χ1v) is 12.3. The van der Waals surface area contributed by atoms with Crippen LogP contribution in [0.4, 0.5) is 4.79 Å². The van der Waals surface area contributed by atoms with Crippen molar-refractivity contribution < 1.29 is 9.59 Å². The molecule has 3 amide bonds. The molecule has 4 bridgehead atoms. The Labute approximate surface area is 186 Å². The molecule has 6 rings (SSSR count). The van der Waals surface area contributed by atoms with Crippen molar-refractivity contribution in [3.8, 4) is 11.4 Å². The Hall–Kier alpha value is -2.35. The van der Waals surface area contributed by atoms with E-state index in [0.717, 1.165) is 48.4 Å². The molecular formula is C23H29N5O2S. The first-order chi connectivity index (χ1) is 15.0. The summed E-state index contributed by atoms with van der Waals surface area (Å²) in [5.74, 6) is 2.84. The highest BCUT2D eigenvalue weighted by Gasteiger charge is 2.51. The van der Waals surface area contributed by atoms with E-state index in [2.05, 4.69) is 20.8 Å². The van der Waals surface area contributed by atoms with E-state index in [-0.39, 0.29) is 23.2 Å². The fraction of sp³-hybridized carbons (Fsp3) is 0.565. The number of benzene rings is 1. The van der Waals surface area contributed by atoms with Crippen molar-refractivity contribution in [1.82, 2.24) is 25.4 Å². The number of nitrogens with zero attached hydrogens (tertiary/aromatic N) is 3. The summed E-state index contributed by atoms with van der Waals surface area (Å²) in [6, 6.07) is 9.52. The molecule has 4 fully saturated rings. The van der Waals surface area contributed by atoms with E-state index in [9.17, 15) is 9.59 Å². The molecule has 164 valence electrons. The van der Waals surface area contributed by atoms with Crippen LogP contribution in [0.2, 0.25) is 0 Å². The van der Waals surface area contributed by atoms with E-state index in [1.807, 2.05) is 41.8 Å². The molecule has 2 N–H and O–H groups in total. The van der Waals surface area contributed by atoms with E-state index in [0.29, 0.717) is 11.7 Å². The van der Waals surface area contributed by atoms with Gasteiger partial charge in [-0.25, -0.2) is 4.79 Å². The molecule has 4 aliphatic rings. The van der Waals surface area contributed by atoms with Crippen molar-refractivity contribution in [2.24, 2.45) is 17.8 Å². The number of nitrogens with one attached hydrogen (secondary N) is 2. The molecule has 0 atom stereocenters. The fourth-order valence-corrected chi connectivity index (χ4v) is 7.11. The van der Waals surface area contributed by atoms with Crippen LogP contribution in [0.5, 0.6) is 0 Å². The van der Waals surface area contributed by atoms with Crippen molar-refractivity contribution in [3.05, 3.63) is 30.3 Å². The summed E-state index contributed by atoms with van der Waals surface area (Å²) in [5.41, 5.74) is 0.891. The summed E-state index contributed by atoms with van der Waals surface area (Å²) in [6.07, 6.45) is 7.16. The maximum atomic E-state index is 12.6. The van der Waals surface area contributed by atoms with Crippen LogP contribution < -0.4 is 10.6 Å². The number of imide groups is 1. The van der Waals surface area contributed by atoms with Crippen LogP contribution in [0.15, 0.2) is 35.5 Å². The van der Waals surface area contributed by atoms with Gasteiger partial charge in [-0.15, -0.1) is 10.2 Å². The monoisotopic (exact) mass is 439 g/mol. The van der Waals surface area contributed by atoms with Crippen LogP contribution >= 0.6 is 11.8 Å². The third-order valence-corrected chi connectivity index (χ3v) is 8.03. The highest BCUT2D eigenvalue weighted by Crippen LogP contribution is 2.55. The molecule has 0 aliphatic heterocycles. The number of thioether (sulfide) groups is 1. The number of amides is 3. The molecule has 0 saturated heterocycles. The van der Waals surface area contributed by atoms with Crippen molar-refractivity contribution in [2.75, 3.05) is 5.75 Å². The second-order valence-corrected chi connectivity index (χ2v) is 10.3. The lowest BCUT2D eigenvalue weighted by atomic mass is 9.53. The van der Waals surface area contributed by atoms with Crippen LogP contribution in [0.25, 0.3) is 11.4 Å². The largest absolute Gasteiger partial charge is 0.332 e. The maximum Gasteiger partial charge on any atom is 0.321 e. The number of urea groups is 1. The Morgan fingerprint density at radius 3 is 2.32 bits per heavy atom. The number of rotatable bonds is 6. The van der Waals surface area contributed by atoms with E-state index < -0.39 is 0 Å². The SMILES string of the molecule is CCn1c(SCC(=O)NC(=O)NC23CC4CC(CC(C4)C2)C3)nnc1-c1ccccc1. The van der Waals surface area contributed by atoms with Crippen LogP contribution in [0.1, 0.15) is 45.4 Å². The zero-order valence-electron chi connectivity index (χ0n) is 17.8. The highest BCUT2D eigenvalue weighted by atomic mass is 32.2. The minimum Gasteiger partial charge on any atom is -0.332 e. The third-order valence-electron chi connectivity index (χ3n) is 7.07. The molecule has 4 aliphatic carbocycles. The van der Waals surface area contributed by atoms with Gasteiger partial charge < -0.3 is 9.88 Å². The van der Waals surface area contributed by atoms with Gasteiger partial charge in [-0.3, -0.25) is 10.1 Å². The van der Waals surface area contributed by atoms with Crippen molar-refractivity contribution in [2.45, 2.75) is 62.7 Å². The molecule has 2 aromatic rings. The Morgan fingerprint density at radius 1 is 1.06 bits per heavy atom. The highest BCUT2D eigenvalue weighted by molar-refractivity contribution is 7.99. The zero-order valence-corrected chi connectivity index (χ0v) is 18.7. The van der Waals surface area contributed by atoms with Gasteiger partial charge in [-0.05, 0) is 63.2 Å². The molecule has 8 heteroatoms. The van der Waals surface area contributed by atoms with Crippen LogP contribution in [0.3, 0.4) is 0 Å². The summed E-state index contributed by atoms with van der Waals surface area (Å²) in [4.78, 5) is 25.0. The first-order valence-electron chi connectivity index (χ1n) is 11.3. The molecule has 1 aromatic carbocycles. The van der Waals surface area contributed by atoms with Gasteiger partial charge in [0.15, 0.2) is 11.0 Å². The maximum absolute atomic E-state index is 12.6. The number of hydrogen-bond acceptors (Lipinski definition) is 5. The van der Waals surface area contributed by atoms with Gasteiger partial charge in [-0.2, -0.15) is 0 Å². The Balaban J connectivity index is 1.16. The van der Waals surface area contributed by atoms with Gasteiger partial charge in [0.05, 0.1) is 5.75 Å². The lowest BCUT2D eigenvalue weighted by molar-refractivity contribution is -0.117. The topological polar surface area (TPSA) is 88.9 Å². The van der Waals surface area contributed by atoms with Gasteiger partial charge in [0.2, 0.25) is 5.91 Å². The van der Waals surface area contributed by atoms with E-state index in [1.54, 1.807) is 0 Å². The predicted molar refractivity (Wildman–Crippen MR) is 119 cm³/mol. The normalized spacial score (nSPS) is 28.5. The number of hydrogen-bond donors (Lipinski definition) is 2. The van der Waals surface area contributed by atoms with Gasteiger partial charge in [0.1, 0.15) is 0 Å². The standard InChI is InChI=1S/C23H29N5O2S/c1-2-28-20(18-6-4-3-5-7-18)26-27-22(28)31-14-19(29)24-21(30)25-23-11-15-8-16(12-23)10-17(9-15)13-23/h3-7,15-17H,2,8-14H2,1H3,(H2,24,25,29,30). The van der Waals surface area contributed by atoms with Gasteiger partial charge in [0.25, 0.3) is 0 Å². The number of carbonyl (C=O) groups excluding carboxylic acids is 2. The van der Waals surface area contributed by atoms with Crippen molar-refractivity contribution >= 4 is 23.7 Å². The molecule has 0 unspecified atom stereocenters. The average Bonchev–Trinajstić information content (AvgIpc) is 3.14. The molecule has 31 heavy (non-hydrogen) atoms. The Morgan fingerprint density at radius 2 is 1.71 bits per heavy atom. The quantitative estimate of drug-likeness (QED) is 0.668. The number of carbonyl (C=O) groups is 2. The van der Waals surface area contributed by atoms with Crippen LogP contribution in [-0.2, 0) is 11.3 Å². The van der Waals surface area contributed by atoms with Gasteiger partial charge in [0, 0.05) is 17.6 Å². The predicted octanol–water partition coefficient (Wildman–Crippen LogP) is 3.85. The molecule has 0 spiro atoms. The summed E-state index contributed by atoms with van der Waals surface area (Å²) in [5, 5.41) is 15.0. The lowest BCUT2D eigenvalue weighted by Gasteiger charge is -2.56. The summed E-state index contributed by atoms with van der Waals surface area (Å²) in [6.45, 7) is 2.73. The van der Waals surface area contributed by atoms with Crippen LogP contribution in [0, 0.1) is 17.8 Å². The molecule has 1 aromatic heterocycles. The molecule has 0 radical (unpaired) electrons. The van der Waals surface area contributed by atoms with E-state index in [1.165, 1.54) is 31.0 Å². The Bertz CT molecular complexity index is 938. The van der Waals surface area contributed by atoms with Gasteiger partial charge >= 0.3 is 6.03 Å². The molecule has 7 nitrogen and oxygen atoms in total. The lowest BCUT2D eigenvalue weighted by Crippen LogP contribution is -2.61. The van der Waals surface area contributed by atoms with Crippen LogP contribution in [-0.4, -0.2) is 38.0 Å².